The lowest BCUT2D eigenvalue weighted by Crippen LogP contribution is -2.12. The molecule has 240 valence electrons. The molecule has 0 atom stereocenters. The second-order valence-corrected chi connectivity index (χ2v) is 12.9. The van der Waals surface area contributed by atoms with Gasteiger partial charge in [-0.2, -0.15) is 0 Å². The summed E-state index contributed by atoms with van der Waals surface area (Å²) in [5, 5.41) is 4.43. The number of benzene rings is 8. The van der Waals surface area contributed by atoms with Crippen molar-refractivity contribution >= 4 is 60.9 Å². The molecule has 51 heavy (non-hydrogen) atoms. The van der Waals surface area contributed by atoms with E-state index in [9.17, 15) is 0 Å². The van der Waals surface area contributed by atoms with E-state index >= 15 is 0 Å². The van der Waals surface area contributed by atoms with Gasteiger partial charge in [0.2, 0.25) is 0 Å². The minimum absolute atomic E-state index is 0.846. The van der Waals surface area contributed by atoms with Gasteiger partial charge in [0.15, 0.2) is 5.58 Å². The minimum atomic E-state index is 0.846. The topological polar surface area (TPSA) is 29.5 Å². The minimum Gasteiger partial charge on any atom is -0.455 e. The molecule has 0 saturated carbocycles. The molecule has 0 aliphatic heterocycles. The van der Waals surface area contributed by atoms with Crippen LogP contribution in [0.25, 0.3) is 77.3 Å². The summed E-state index contributed by atoms with van der Waals surface area (Å²) in [6.45, 7) is 0. The molecule has 3 heteroatoms. The third kappa shape index (κ3) is 4.90. The van der Waals surface area contributed by atoms with Crippen LogP contribution in [0.1, 0.15) is 0 Å². The summed E-state index contributed by atoms with van der Waals surface area (Å²) in [6, 6.07) is 66.1. The number of fused-ring (bicyclic) bond motifs is 6. The number of hydrogen-bond acceptors (Lipinski definition) is 3. The molecule has 0 unspecified atom stereocenters. The van der Waals surface area contributed by atoms with Crippen molar-refractivity contribution in [3.05, 3.63) is 188 Å². The van der Waals surface area contributed by atoms with E-state index in [0.717, 1.165) is 88.8 Å². The maximum atomic E-state index is 6.80. The van der Waals surface area contributed by atoms with E-state index in [2.05, 4.69) is 175 Å². The standard InChI is InChI=1S/C48H31NO2/c1-3-13-32(14-4-1)35-17-11-18-37(31-35)49(36-27-25-34(26-28-36)39-21-12-22-42-40-19-7-9-23-44(40)50-47(39)42)46-38(33-15-5-2-6-16-33)29-30-43-41-20-8-10-24-45(41)51-48(43)46/h1-31H. The van der Waals surface area contributed by atoms with Gasteiger partial charge in [-0.3, -0.25) is 0 Å². The predicted molar refractivity (Wildman–Crippen MR) is 212 cm³/mol. The van der Waals surface area contributed by atoms with Gasteiger partial charge in [0, 0.05) is 44.0 Å². The molecule has 0 amide bonds. The van der Waals surface area contributed by atoms with E-state index in [0.29, 0.717) is 0 Å². The van der Waals surface area contributed by atoms with Crippen molar-refractivity contribution in [2.24, 2.45) is 0 Å². The summed E-state index contributed by atoms with van der Waals surface area (Å²) < 4.78 is 13.2. The highest BCUT2D eigenvalue weighted by Gasteiger charge is 2.24. The van der Waals surface area contributed by atoms with Gasteiger partial charge in [-0.25, -0.2) is 0 Å². The van der Waals surface area contributed by atoms with Gasteiger partial charge in [-0.1, -0.05) is 146 Å². The Bertz CT molecular complexity index is 2850. The maximum Gasteiger partial charge on any atom is 0.160 e. The zero-order valence-electron chi connectivity index (χ0n) is 27.7. The van der Waals surface area contributed by atoms with Gasteiger partial charge in [0.05, 0.1) is 5.69 Å². The summed E-state index contributed by atoms with van der Waals surface area (Å²) in [5.74, 6) is 0. The monoisotopic (exact) mass is 653 g/mol. The first kappa shape index (κ1) is 29.1. The van der Waals surface area contributed by atoms with Crippen LogP contribution in [0, 0.1) is 0 Å². The Balaban J connectivity index is 1.22. The molecular weight excluding hydrogens is 623 g/mol. The van der Waals surface area contributed by atoms with E-state index in [1.807, 2.05) is 18.2 Å². The molecule has 0 aliphatic rings. The van der Waals surface area contributed by atoms with E-state index in [4.69, 9.17) is 8.83 Å². The molecule has 2 aromatic heterocycles. The molecule has 10 aromatic rings. The number of hydrogen-bond donors (Lipinski definition) is 0. The second kappa shape index (κ2) is 11.9. The average Bonchev–Trinajstić information content (AvgIpc) is 3.78. The van der Waals surface area contributed by atoms with Crippen LogP contribution in [0.15, 0.2) is 197 Å². The average molecular weight is 654 g/mol. The van der Waals surface area contributed by atoms with Crippen LogP contribution in [0.3, 0.4) is 0 Å². The van der Waals surface area contributed by atoms with Gasteiger partial charge in [-0.05, 0) is 64.7 Å². The Hall–Kier alpha value is -6.84. The van der Waals surface area contributed by atoms with Gasteiger partial charge >= 0.3 is 0 Å². The molecule has 2 heterocycles. The van der Waals surface area contributed by atoms with Crippen LogP contribution in [-0.4, -0.2) is 0 Å². The lowest BCUT2D eigenvalue weighted by Gasteiger charge is -2.28. The molecule has 0 saturated heterocycles. The first-order valence-corrected chi connectivity index (χ1v) is 17.3. The Morgan fingerprint density at radius 3 is 1.59 bits per heavy atom. The van der Waals surface area contributed by atoms with Crippen molar-refractivity contribution in [1.29, 1.82) is 0 Å². The van der Waals surface area contributed by atoms with E-state index in [1.54, 1.807) is 0 Å². The molecule has 0 N–H and O–H groups in total. The third-order valence-corrected chi connectivity index (χ3v) is 9.88. The van der Waals surface area contributed by atoms with Crippen LogP contribution in [0.2, 0.25) is 0 Å². The molecule has 0 radical (unpaired) electrons. The smallest absolute Gasteiger partial charge is 0.160 e. The fourth-order valence-electron chi connectivity index (χ4n) is 7.47. The largest absolute Gasteiger partial charge is 0.455 e. The lowest BCUT2D eigenvalue weighted by molar-refractivity contribution is 0.669. The molecule has 0 aliphatic carbocycles. The van der Waals surface area contributed by atoms with Crippen LogP contribution >= 0.6 is 0 Å². The van der Waals surface area contributed by atoms with Crippen LogP contribution in [0.5, 0.6) is 0 Å². The van der Waals surface area contributed by atoms with Gasteiger partial charge in [0.25, 0.3) is 0 Å². The predicted octanol–water partition coefficient (Wildman–Crippen LogP) is 14.0. The third-order valence-electron chi connectivity index (χ3n) is 9.88. The molecular formula is C48H31NO2. The summed E-state index contributed by atoms with van der Waals surface area (Å²) in [6.07, 6.45) is 0. The fraction of sp³-hybridized carbons (Fsp3) is 0. The number of nitrogens with zero attached hydrogens (tertiary/aromatic N) is 1. The molecule has 0 spiro atoms. The van der Waals surface area contributed by atoms with Gasteiger partial charge in [0.1, 0.15) is 16.7 Å². The Kier molecular flexibility index (Phi) is 6.81. The Labute approximate surface area is 295 Å². The van der Waals surface area contributed by atoms with Crippen molar-refractivity contribution in [3.8, 4) is 33.4 Å². The first-order chi connectivity index (χ1) is 25.3. The van der Waals surface area contributed by atoms with Crippen molar-refractivity contribution < 1.29 is 8.83 Å². The molecule has 0 bridgehead atoms. The number of para-hydroxylation sites is 3. The summed E-state index contributed by atoms with van der Waals surface area (Å²) >= 11 is 0. The number of anilines is 3. The fourth-order valence-corrected chi connectivity index (χ4v) is 7.47. The van der Waals surface area contributed by atoms with Gasteiger partial charge < -0.3 is 13.7 Å². The summed E-state index contributed by atoms with van der Waals surface area (Å²) in [5.41, 5.74) is 13.2. The highest BCUT2D eigenvalue weighted by molar-refractivity contribution is 6.14. The van der Waals surface area contributed by atoms with Crippen molar-refractivity contribution in [3.63, 3.8) is 0 Å². The van der Waals surface area contributed by atoms with Crippen LogP contribution in [0.4, 0.5) is 17.1 Å². The van der Waals surface area contributed by atoms with E-state index < -0.39 is 0 Å². The van der Waals surface area contributed by atoms with Crippen molar-refractivity contribution in [2.75, 3.05) is 4.90 Å². The van der Waals surface area contributed by atoms with Crippen molar-refractivity contribution in [2.45, 2.75) is 0 Å². The van der Waals surface area contributed by atoms with Crippen molar-refractivity contribution in [1.82, 2.24) is 0 Å². The molecule has 8 aromatic carbocycles. The summed E-state index contributed by atoms with van der Waals surface area (Å²) in [7, 11) is 0. The molecule has 0 fully saturated rings. The van der Waals surface area contributed by atoms with Gasteiger partial charge in [-0.15, -0.1) is 0 Å². The SMILES string of the molecule is c1ccc(-c2cccc(N(c3ccc(-c4cccc5c4oc4ccccc45)cc3)c3c(-c4ccccc4)ccc4c3oc3ccccc34)c2)cc1. The number of rotatable bonds is 6. The molecule has 3 nitrogen and oxygen atoms in total. The van der Waals surface area contributed by atoms with Crippen LogP contribution in [-0.2, 0) is 0 Å². The number of furan rings is 2. The van der Waals surface area contributed by atoms with E-state index in [1.165, 1.54) is 5.56 Å². The Morgan fingerprint density at radius 2 is 0.863 bits per heavy atom. The first-order valence-electron chi connectivity index (χ1n) is 17.3. The second-order valence-electron chi connectivity index (χ2n) is 12.9. The van der Waals surface area contributed by atoms with E-state index in [-0.39, 0.29) is 0 Å². The lowest BCUT2D eigenvalue weighted by atomic mass is 9.98. The molecule has 10 rings (SSSR count). The zero-order valence-corrected chi connectivity index (χ0v) is 27.7. The Morgan fingerprint density at radius 1 is 0.314 bits per heavy atom. The normalized spacial score (nSPS) is 11.5. The highest BCUT2D eigenvalue weighted by atomic mass is 16.3. The zero-order chi connectivity index (χ0) is 33.7. The highest BCUT2D eigenvalue weighted by Crippen LogP contribution is 2.48. The van der Waals surface area contributed by atoms with Crippen LogP contribution < -0.4 is 4.90 Å². The summed E-state index contributed by atoms with van der Waals surface area (Å²) in [4.78, 5) is 2.35. The maximum absolute atomic E-state index is 6.80. The quantitative estimate of drug-likeness (QED) is 0.179.